The Bertz CT molecular complexity index is 1030. The minimum absolute atomic E-state index is 0.124. The van der Waals surface area contributed by atoms with E-state index in [0.717, 1.165) is 29.0 Å². The van der Waals surface area contributed by atoms with Crippen LogP contribution in [0.1, 0.15) is 10.4 Å². The summed E-state index contributed by atoms with van der Waals surface area (Å²) in [5, 5.41) is 26.3. The number of non-ortho nitro benzene ring substituents is 2. The molecule has 9 heteroatoms. The van der Waals surface area contributed by atoms with Crippen molar-refractivity contribution in [3.63, 3.8) is 0 Å². The van der Waals surface area contributed by atoms with Crippen LogP contribution in [0.5, 0.6) is 5.75 Å². The smallest absolute Gasteiger partial charge is 0.277 e. The minimum Gasteiger partial charge on any atom is -0.491 e. The maximum Gasteiger partial charge on any atom is 0.277 e. The summed E-state index contributed by atoms with van der Waals surface area (Å²) in [6.07, 6.45) is 0. The molecule has 0 aromatic heterocycles. The summed E-state index contributed by atoms with van der Waals surface area (Å²) in [4.78, 5) is 32.4. The van der Waals surface area contributed by atoms with E-state index in [1.807, 2.05) is 42.5 Å². The number of ether oxygens (including phenoxy) is 1. The molecule has 28 heavy (non-hydrogen) atoms. The number of rotatable bonds is 7. The Morgan fingerprint density at radius 2 is 1.57 bits per heavy atom. The number of fused-ring (bicyclic) bond motifs is 1. The molecule has 1 N–H and O–H groups in total. The number of nitrogens with zero attached hydrogens (tertiary/aromatic N) is 2. The molecule has 3 aromatic carbocycles. The molecule has 0 aliphatic carbocycles. The van der Waals surface area contributed by atoms with Crippen molar-refractivity contribution in [1.82, 2.24) is 5.32 Å². The summed E-state index contributed by atoms with van der Waals surface area (Å²) in [5.41, 5.74) is -1.20. The first-order valence-corrected chi connectivity index (χ1v) is 8.28. The maximum absolute atomic E-state index is 12.2. The molecule has 0 heterocycles. The van der Waals surface area contributed by atoms with Crippen molar-refractivity contribution in [3.05, 3.63) is 86.5 Å². The highest BCUT2D eigenvalue weighted by molar-refractivity contribution is 5.95. The number of amides is 1. The molecular formula is C19H15N3O6. The Balaban J connectivity index is 1.64. The molecule has 142 valence electrons. The Kier molecular flexibility index (Phi) is 5.45. The van der Waals surface area contributed by atoms with Crippen LogP contribution in [-0.2, 0) is 0 Å². The number of hydrogen-bond acceptors (Lipinski definition) is 6. The lowest BCUT2D eigenvalue weighted by Gasteiger charge is -2.10. The van der Waals surface area contributed by atoms with Gasteiger partial charge in [-0.05, 0) is 11.5 Å². The Morgan fingerprint density at radius 3 is 2.25 bits per heavy atom. The third-order valence-electron chi connectivity index (χ3n) is 3.98. The van der Waals surface area contributed by atoms with Crippen molar-refractivity contribution in [2.24, 2.45) is 0 Å². The number of hydrogen-bond donors (Lipinski definition) is 1. The van der Waals surface area contributed by atoms with Crippen molar-refractivity contribution in [1.29, 1.82) is 0 Å². The summed E-state index contributed by atoms with van der Waals surface area (Å²) in [6.45, 7) is 0.287. The number of carbonyl (C=O) groups excluding carboxylic acids is 1. The van der Waals surface area contributed by atoms with Crippen molar-refractivity contribution < 1.29 is 19.4 Å². The van der Waals surface area contributed by atoms with E-state index in [4.69, 9.17) is 4.74 Å². The van der Waals surface area contributed by atoms with Gasteiger partial charge in [-0.1, -0.05) is 36.4 Å². The lowest BCUT2D eigenvalue weighted by atomic mass is 10.1. The van der Waals surface area contributed by atoms with Crippen LogP contribution in [0.15, 0.2) is 60.7 Å². The second-order valence-corrected chi connectivity index (χ2v) is 5.83. The van der Waals surface area contributed by atoms with Gasteiger partial charge in [-0.15, -0.1) is 0 Å². The van der Waals surface area contributed by atoms with Crippen LogP contribution in [0.4, 0.5) is 11.4 Å². The zero-order valence-corrected chi connectivity index (χ0v) is 14.5. The highest BCUT2D eigenvalue weighted by atomic mass is 16.6. The molecule has 0 saturated carbocycles. The largest absolute Gasteiger partial charge is 0.491 e. The molecule has 0 aliphatic heterocycles. The molecule has 0 saturated heterocycles. The van der Waals surface area contributed by atoms with Crippen LogP contribution in [0.25, 0.3) is 10.8 Å². The van der Waals surface area contributed by atoms with Crippen molar-refractivity contribution in [2.75, 3.05) is 13.2 Å². The minimum atomic E-state index is -0.784. The fourth-order valence-corrected chi connectivity index (χ4v) is 2.69. The van der Waals surface area contributed by atoms with Gasteiger partial charge in [0.25, 0.3) is 17.3 Å². The fraction of sp³-hybridized carbons (Fsp3) is 0.105. The zero-order valence-electron chi connectivity index (χ0n) is 14.5. The van der Waals surface area contributed by atoms with Gasteiger partial charge < -0.3 is 10.1 Å². The van der Waals surface area contributed by atoms with Crippen LogP contribution in [0.2, 0.25) is 0 Å². The molecule has 0 radical (unpaired) electrons. The normalized spacial score (nSPS) is 10.4. The summed E-state index contributed by atoms with van der Waals surface area (Å²) >= 11 is 0. The number of carbonyl (C=O) groups is 1. The molecule has 3 rings (SSSR count). The van der Waals surface area contributed by atoms with Gasteiger partial charge in [0.1, 0.15) is 12.4 Å². The van der Waals surface area contributed by atoms with Crippen LogP contribution < -0.4 is 10.1 Å². The standard InChI is InChI=1S/C19H15N3O6/c23-19(14-10-15(21(24)25)12-16(11-14)22(26)27)20-8-9-28-18-7-3-5-13-4-1-2-6-17(13)18/h1-7,10-12H,8-9H2,(H,20,23). The number of benzene rings is 3. The number of nitrogens with one attached hydrogen (secondary N) is 1. The van der Waals surface area contributed by atoms with E-state index in [-0.39, 0.29) is 18.7 Å². The van der Waals surface area contributed by atoms with E-state index in [2.05, 4.69) is 5.32 Å². The van der Waals surface area contributed by atoms with E-state index in [9.17, 15) is 25.0 Å². The van der Waals surface area contributed by atoms with E-state index < -0.39 is 27.1 Å². The van der Waals surface area contributed by atoms with Crippen molar-refractivity contribution >= 4 is 28.1 Å². The number of nitro groups is 2. The van der Waals surface area contributed by atoms with E-state index in [1.165, 1.54) is 0 Å². The third-order valence-corrected chi connectivity index (χ3v) is 3.98. The van der Waals surface area contributed by atoms with Gasteiger partial charge in [0.05, 0.1) is 28.0 Å². The SMILES string of the molecule is O=C(NCCOc1cccc2ccccc12)c1cc([N+](=O)[O-])cc([N+](=O)[O-])c1. The lowest BCUT2D eigenvalue weighted by molar-refractivity contribution is -0.394. The molecule has 0 bridgehead atoms. The second kappa shape index (κ2) is 8.12. The van der Waals surface area contributed by atoms with E-state index in [0.29, 0.717) is 5.75 Å². The monoisotopic (exact) mass is 381 g/mol. The molecule has 0 atom stereocenters. The molecule has 0 fully saturated rings. The van der Waals surface area contributed by atoms with Crippen molar-refractivity contribution in [3.8, 4) is 5.75 Å². The molecule has 3 aromatic rings. The van der Waals surface area contributed by atoms with E-state index >= 15 is 0 Å². The van der Waals surface area contributed by atoms with Crippen LogP contribution >= 0.6 is 0 Å². The predicted molar refractivity (Wildman–Crippen MR) is 102 cm³/mol. The molecule has 9 nitrogen and oxygen atoms in total. The summed E-state index contributed by atoms with van der Waals surface area (Å²) in [6, 6.07) is 16.1. The van der Waals surface area contributed by atoms with Crippen molar-refractivity contribution in [2.45, 2.75) is 0 Å². The highest BCUT2D eigenvalue weighted by Gasteiger charge is 2.19. The molecule has 0 unspecified atom stereocenters. The van der Waals surface area contributed by atoms with Gasteiger partial charge in [-0.3, -0.25) is 25.0 Å². The molecule has 0 spiro atoms. The van der Waals surface area contributed by atoms with Gasteiger partial charge in [0.15, 0.2) is 0 Å². The first kappa shape index (κ1) is 18.8. The molecular weight excluding hydrogens is 366 g/mol. The van der Waals surface area contributed by atoms with Gasteiger partial charge in [-0.25, -0.2) is 0 Å². The quantitative estimate of drug-likeness (QED) is 0.379. The van der Waals surface area contributed by atoms with Crippen LogP contribution in [0, 0.1) is 20.2 Å². The van der Waals surface area contributed by atoms with Crippen LogP contribution in [-0.4, -0.2) is 28.9 Å². The van der Waals surface area contributed by atoms with Gasteiger partial charge in [0.2, 0.25) is 0 Å². The van der Waals surface area contributed by atoms with Gasteiger partial charge >= 0.3 is 0 Å². The average molecular weight is 381 g/mol. The molecule has 1 amide bonds. The third kappa shape index (κ3) is 4.21. The Morgan fingerprint density at radius 1 is 0.929 bits per heavy atom. The molecule has 0 aliphatic rings. The topological polar surface area (TPSA) is 125 Å². The predicted octanol–water partition coefficient (Wildman–Crippen LogP) is 3.47. The Labute approximate surface area is 158 Å². The highest BCUT2D eigenvalue weighted by Crippen LogP contribution is 2.25. The maximum atomic E-state index is 12.2. The fourth-order valence-electron chi connectivity index (χ4n) is 2.69. The summed E-state index contributed by atoms with van der Waals surface area (Å²) in [7, 11) is 0. The zero-order chi connectivity index (χ0) is 20.1. The lowest BCUT2D eigenvalue weighted by Crippen LogP contribution is -2.28. The Hall–Kier alpha value is -4.01. The first-order valence-electron chi connectivity index (χ1n) is 8.28. The van der Waals surface area contributed by atoms with E-state index in [1.54, 1.807) is 0 Å². The van der Waals surface area contributed by atoms with Gasteiger partial charge in [-0.2, -0.15) is 0 Å². The summed E-state index contributed by atoms with van der Waals surface area (Å²) < 4.78 is 5.70. The second-order valence-electron chi connectivity index (χ2n) is 5.83. The average Bonchev–Trinajstić information content (AvgIpc) is 2.70. The number of nitro benzene ring substituents is 2. The summed E-state index contributed by atoms with van der Waals surface area (Å²) in [5.74, 6) is 0.00616. The first-order chi connectivity index (χ1) is 13.5. The van der Waals surface area contributed by atoms with Gasteiger partial charge in [0, 0.05) is 17.5 Å². The van der Waals surface area contributed by atoms with Crippen LogP contribution in [0.3, 0.4) is 0 Å².